The highest BCUT2D eigenvalue weighted by atomic mass is 15.4. The first-order valence-electron chi connectivity index (χ1n) is 6.33. The molecule has 96 valence electrons. The van der Waals surface area contributed by atoms with E-state index < -0.39 is 0 Å². The van der Waals surface area contributed by atoms with Crippen LogP contribution < -0.4 is 5.32 Å². The molecular weight excluding hydrogens is 224 g/mol. The first kappa shape index (κ1) is 12.8. The summed E-state index contributed by atoms with van der Waals surface area (Å²) in [7, 11) is 1.93. The van der Waals surface area contributed by atoms with Gasteiger partial charge in [-0.3, -0.25) is 0 Å². The van der Waals surface area contributed by atoms with E-state index in [1.165, 1.54) is 11.3 Å². The Kier molecular flexibility index (Phi) is 4.10. The highest BCUT2D eigenvalue weighted by molar-refractivity contribution is 5.19. The number of nitrogens with zero attached hydrogens (tertiary/aromatic N) is 3. The second-order valence-electron chi connectivity index (χ2n) is 4.75. The van der Waals surface area contributed by atoms with E-state index in [1.54, 1.807) is 0 Å². The largest absolute Gasteiger partial charge is 0.314 e. The molecule has 0 aliphatic heterocycles. The molecule has 0 amide bonds. The topological polar surface area (TPSA) is 42.7 Å². The van der Waals surface area contributed by atoms with E-state index in [-0.39, 0.29) is 0 Å². The van der Waals surface area contributed by atoms with E-state index in [4.69, 9.17) is 0 Å². The summed E-state index contributed by atoms with van der Waals surface area (Å²) in [5.74, 6) is 0.423. The second kappa shape index (κ2) is 5.78. The van der Waals surface area contributed by atoms with Crippen molar-refractivity contribution in [2.75, 3.05) is 7.05 Å². The van der Waals surface area contributed by atoms with Gasteiger partial charge >= 0.3 is 0 Å². The summed E-state index contributed by atoms with van der Waals surface area (Å²) in [6.45, 7) is 5.91. The van der Waals surface area contributed by atoms with E-state index in [9.17, 15) is 0 Å². The molecule has 0 aliphatic rings. The van der Waals surface area contributed by atoms with Gasteiger partial charge in [0.05, 0.1) is 17.9 Å². The smallest absolute Gasteiger partial charge is 0.0999 e. The molecule has 0 saturated heterocycles. The molecular formula is C14H20N4. The Morgan fingerprint density at radius 3 is 2.56 bits per heavy atom. The van der Waals surface area contributed by atoms with Crippen LogP contribution in [-0.2, 0) is 13.1 Å². The van der Waals surface area contributed by atoms with Gasteiger partial charge in [0.25, 0.3) is 0 Å². The number of hydrogen-bond acceptors (Lipinski definition) is 3. The van der Waals surface area contributed by atoms with Gasteiger partial charge in [-0.15, -0.1) is 5.10 Å². The van der Waals surface area contributed by atoms with Crippen LogP contribution in [0.1, 0.15) is 36.7 Å². The molecule has 2 aromatic rings. The third-order valence-electron chi connectivity index (χ3n) is 2.91. The van der Waals surface area contributed by atoms with Gasteiger partial charge in [0.15, 0.2) is 0 Å². The highest BCUT2D eigenvalue weighted by Gasteiger charge is 2.15. The van der Waals surface area contributed by atoms with Gasteiger partial charge < -0.3 is 5.32 Å². The zero-order valence-corrected chi connectivity index (χ0v) is 11.2. The molecule has 1 aromatic carbocycles. The minimum absolute atomic E-state index is 0.423. The van der Waals surface area contributed by atoms with Gasteiger partial charge in [-0.05, 0) is 18.5 Å². The van der Waals surface area contributed by atoms with Crippen molar-refractivity contribution in [3.8, 4) is 0 Å². The van der Waals surface area contributed by atoms with Crippen molar-refractivity contribution in [2.24, 2.45) is 0 Å². The molecule has 0 saturated carbocycles. The molecule has 1 heterocycles. The summed E-state index contributed by atoms with van der Waals surface area (Å²) >= 11 is 0. The lowest BCUT2D eigenvalue weighted by Gasteiger charge is -2.11. The number of hydrogen-bond donors (Lipinski definition) is 1. The molecule has 0 aliphatic carbocycles. The Balaban J connectivity index is 2.28. The Bertz CT molecular complexity index is 488. The van der Waals surface area contributed by atoms with Crippen LogP contribution in [-0.4, -0.2) is 22.0 Å². The van der Waals surface area contributed by atoms with Crippen LogP contribution in [0.5, 0.6) is 0 Å². The third-order valence-corrected chi connectivity index (χ3v) is 2.91. The Morgan fingerprint density at radius 2 is 1.94 bits per heavy atom. The molecule has 18 heavy (non-hydrogen) atoms. The van der Waals surface area contributed by atoms with Crippen molar-refractivity contribution < 1.29 is 0 Å². The third kappa shape index (κ3) is 2.76. The van der Waals surface area contributed by atoms with Crippen LogP contribution in [0.4, 0.5) is 0 Å². The Hall–Kier alpha value is -1.68. The van der Waals surface area contributed by atoms with E-state index in [2.05, 4.69) is 53.7 Å². The normalized spacial score (nSPS) is 11.1. The van der Waals surface area contributed by atoms with Gasteiger partial charge in [0.1, 0.15) is 0 Å². The highest BCUT2D eigenvalue weighted by Crippen LogP contribution is 2.18. The van der Waals surface area contributed by atoms with Gasteiger partial charge in [-0.2, -0.15) is 0 Å². The maximum atomic E-state index is 4.28. The minimum atomic E-state index is 0.423. The summed E-state index contributed by atoms with van der Waals surface area (Å²) in [4.78, 5) is 0. The van der Waals surface area contributed by atoms with Gasteiger partial charge in [0, 0.05) is 6.54 Å². The maximum Gasteiger partial charge on any atom is 0.0999 e. The first-order valence-corrected chi connectivity index (χ1v) is 6.33. The fraction of sp³-hybridized carbons (Fsp3) is 0.429. The maximum absolute atomic E-state index is 4.28. The summed E-state index contributed by atoms with van der Waals surface area (Å²) in [5, 5.41) is 11.7. The number of benzene rings is 1. The molecule has 4 nitrogen and oxygen atoms in total. The summed E-state index contributed by atoms with van der Waals surface area (Å²) in [6.07, 6.45) is 0. The van der Waals surface area contributed by atoms with Gasteiger partial charge in [0.2, 0.25) is 0 Å². The summed E-state index contributed by atoms with van der Waals surface area (Å²) in [5.41, 5.74) is 3.51. The van der Waals surface area contributed by atoms with Crippen molar-refractivity contribution in [2.45, 2.75) is 32.9 Å². The predicted octanol–water partition coefficient (Wildman–Crippen LogP) is 2.17. The Labute approximate surface area is 108 Å². The standard InChI is InChI=1S/C14H20N4/c1-11(2)14-13(9-15-3)16-17-18(14)10-12-7-5-4-6-8-12/h4-8,11,15H,9-10H2,1-3H3. The zero-order valence-electron chi connectivity index (χ0n) is 11.2. The van der Waals surface area contributed by atoms with Crippen molar-refractivity contribution in [3.05, 3.63) is 47.3 Å². The number of aromatic nitrogens is 3. The molecule has 1 aromatic heterocycles. The molecule has 4 heteroatoms. The molecule has 0 atom stereocenters. The summed E-state index contributed by atoms with van der Waals surface area (Å²) < 4.78 is 2.01. The van der Waals surface area contributed by atoms with E-state index in [0.29, 0.717) is 5.92 Å². The van der Waals surface area contributed by atoms with Crippen LogP contribution >= 0.6 is 0 Å². The van der Waals surface area contributed by atoms with Crippen LogP contribution in [0, 0.1) is 0 Å². The van der Waals surface area contributed by atoms with Crippen LogP contribution in [0.15, 0.2) is 30.3 Å². The average molecular weight is 244 g/mol. The lowest BCUT2D eigenvalue weighted by Crippen LogP contribution is -2.12. The molecule has 0 unspecified atom stereocenters. The molecule has 1 N–H and O–H groups in total. The fourth-order valence-electron chi connectivity index (χ4n) is 2.15. The first-order chi connectivity index (χ1) is 8.72. The number of nitrogens with one attached hydrogen (secondary N) is 1. The quantitative estimate of drug-likeness (QED) is 0.876. The summed E-state index contributed by atoms with van der Waals surface area (Å²) in [6, 6.07) is 10.4. The average Bonchev–Trinajstić information content (AvgIpc) is 2.74. The minimum Gasteiger partial charge on any atom is -0.314 e. The van der Waals surface area contributed by atoms with E-state index in [1.807, 2.05) is 17.8 Å². The SMILES string of the molecule is CNCc1nnn(Cc2ccccc2)c1C(C)C. The second-order valence-corrected chi connectivity index (χ2v) is 4.75. The van der Waals surface area contributed by atoms with Crippen molar-refractivity contribution in [1.29, 1.82) is 0 Å². The van der Waals surface area contributed by atoms with Crippen molar-refractivity contribution in [1.82, 2.24) is 20.3 Å². The lowest BCUT2D eigenvalue weighted by molar-refractivity contribution is 0.597. The fourth-order valence-corrected chi connectivity index (χ4v) is 2.15. The predicted molar refractivity (Wildman–Crippen MR) is 72.4 cm³/mol. The van der Waals surface area contributed by atoms with Crippen LogP contribution in [0.2, 0.25) is 0 Å². The molecule has 0 spiro atoms. The van der Waals surface area contributed by atoms with Crippen molar-refractivity contribution in [3.63, 3.8) is 0 Å². The van der Waals surface area contributed by atoms with Crippen LogP contribution in [0.3, 0.4) is 0 Å². The zero-order chi connectivity index (χ0) is 13.0. The molecule has 0 fully saturated rings. The lowest BCUT2D eigenvalue weighted by atomic mass is 10.1. The van der Waals surface area contributed by atoms with Crippen LogP contribution in [0.25, 0.3) is 0 Å². The van der Waals surface area contributed by atoms with Gasteiger partial charge in [-0.1, -0.05) is 49.4 Å². The van der Waals surface area contributed by atoms with E-state index in [0.717, 1.165) is 18.8 Å². The molecule has 0 radical (unpaired) electrons. The van der Waals surface area contributed by atoms with E-state index >= 15 is 0 Å². The monoisotopic (exact) mass is 244 g/mol. The van der Waals surface area contributed by atoms with Crippen molar-refractivity contribution >= 4 is 0 Å². The number of rotatable bonds is 5. The molecule has 2 rings (SSSR count). The van der Waals surface area contributed by atoms with Gasteiger partial charge in [-0.25, -0.2) is 4.68 Å². The molecule has 0 bridgehead atoms. The Morgan fingerprint density at radius 1 is 1.22 bits per heavy atom.